The molecule has 19 heavy (non-hydrogen) atoms. The Bertz CT molecular complexity index is 764. The maximum Gasteiger partial charge on any atom is 0.592 e. The van der Waals surface area contributed by atoms with E-state index in [-0.39, 0.29) is 0 Å². The van der Waals surface area contributed by atoms with E-state index < -0.39 is 0 Å². The van der Waals surface area contributed by atoms with Crippen molar-refractivity contribution < 1.29 is 9.05 Å². The molecular weight excluding hydrogens is 235 g/mol. The highest BCUT2D eigenvalue weighted by Gasteiger charge is 2.36. The normalized spacial score (nSPS) is 12.2. The smallest absolute Gasteiger partial charge is 0.255 e. The van der Waals surface area contributed by atoms with Crippen LogP contribution in [-0.4, -0.2) is 17.5 Å². The lowest BCUT2D eigenvalue weighted by molar-refractivity contribution is -0.747. The maximum atomic E-state index is 5.99. The molecule has 0 fully saturated rings. The summed E-state index contributed by atoms with van der Waals surface area (Å²) in [5, 5.41) is 0. The summed E-state index contributed by atoms with van der Waals surface area (Å²) in [5.74, 6) is 1.94. The number of fused-ring (bicyclic) bond motifs is 3. The van der Waals surface area contributed by atoms with Crippen LogP contribution in [0.15, 0.2) is 55.0 Å². The zero-order chi connectivity index (χ0) is 12.8. The van der Waals surface area contributed by atoms with Crippen molar-refractivity contribution in [3.05, 3.63) is 55.0 Å². The predicted molar refractivity (Wildman–Crippen MR) is 70.0 cm³/mol. The first-order valence-electron chi connectivity index (χ1n) is 6.15. The third kappa shape index (κ3) is 1.44. The third-order valence-corrected chi connectivity index (χ3v) is 3.44. The van der Waals surface area contributed by atoms with E-state index in [0.29, 0.717) is 0 Å². The van der Waals surface area contributed by atoms with E-state index in [1.165, 1.54) is 0 Å². The summed E-state index contributed by atoms with van der Waals surface area (Å²) in [6.07, 6.45) is 5.75. The minimum absolute atomic E-state index is 0.743. The molecule has 1 aliphatic rings. The van der Waals surface area contributed by atoms with Crippen LogP contribution in [-0.2, 0) is 6.67 Å². The van der Waals surface area contributed by atoms with Crippen LogP contribution in [0.25, 0.3) is 22.9 Å². The van der Waals surface area contributed by atoms with Crippen LogP contribution in [0.2, 0.25) is 0 Å². The molecule has 0 saturated carbocycles. The topological polar surface area (TPSA) is 25.6 Å². The highest BCUT2D eigenvalue weighted by atomic mass is 15.3. The molecule has 0 bridgehead atoms. The van der Waals surface area contributed by atoms with Gasteiger partial charge < -0.3 is 0 Å². The van der Waals surface area contributed by atoms with E-state index >= 15 is 0 Å². The van der Waals surface area contributed by atoms with Crippen LogP contribution in [0.4, 0.5) is 0 Å². The monoisotopic (exact) mass is 246 g/mol. The molecule has 0 amide bonds. The molecule has 4 nitrogen and oxygen atoms in total. The summed E-state index contributed by atoms with van der Waals surface area (Å²) in [5.41, 5.74) is 2.16. The molecule has 88 valence electrons. The van der Waals surface area contributed by atoms with Gasteiger partial charge in [0.25, 0.3) is 0 Å². The Morgan fingerprint density at radius 3 is 2.79 bits per heavy atom. The Kier molecular flexibility index (Phi) is 2.09. The molecule has 0 saturated heterocycles. The van der Waals surface area contributed by atoms with E-state index in [1.807, 2.05) is 42.9 Å². The van der Waals surface area contributed by atoms with Gasteiger partial charge in [0.15, 0.2) is 12.4 Å². The molecule has 4 rings (SSSR count). The van der Waals surface area contributed by atoms with Crippen molar-refractivity contribution in [2.45, 2.75) is 6.67 Å². The molecule has 1 aromatic carbocycles. The van der Waals surface area contributed by atoms with Gasteiger partial charge in [-0.05, 0) is 0 Å². The molecule has 5 heteroatoms. The van der Waals surface area contributed by atoms with E-state index in [2.05, 4.69) is 26.3 Å². The third-order valence-electron chi connectivity index (χ3n) is 3.44. The zero-order valence-electron chi connectivity index (χ0n) is 10.3. The van der Waals surface area contributed by atoms with Crippen molar-refractivity contribution in [3.8, 4) is 22.9 Å². The van der Waals surface area contributed by atoms with Crippen LogP contribution in [0.1, 0.15) is 0 Å². The van der Waals surface area contributed by atoms with Crippen LogP contribution in [0.5, 0.6) is 0 Å². The highest BCUT2D eigenvalue weighted by Crippen LogP contribution is 2.25. The number of imidazole rings is 1. The van der Waals surface area contributed by atoms with Crippen molar-refractivity contribution in [1.29, 1.82) is 0 Å². The SMILES string of the molecule is [B][n+]1ccc[n+]2c1-c1cnc(-c3ccccc3)n1C2. The standard InChI is InChI=1S/C14H11BN4/c15-19-8-4-7-17-10-18-12(14(17)19)9-16-13(18)11-5-2-1-3-6-11/h1-9H,10H2/q+2. The van der Waals surface area contributed by atoms with Crippen molar-refractivity contribution in [1.82, 2.24) is 9.55 Å². The van der Waals surface area contributed by atoms with Gasteiger partial charge in [-0.1, -0.05) is 30.3 Å². The van der Waals surface area contributed by atoms with E-state index in [9.17, 15) is 0 Å². The highest BCUT2D eigenvalue weighted by molar-refractivity contribution is 5.95. The van der Waals surface area contributed by atoms with Gasteiger partial charge in [-0.3, -0.25) is 4.57 Å². The van der Waals surface area contributed by atoms with E-state index in [0.717, 1.165) is 29.6 Å². The molecule has 0 spiro atoms. The minimum Gasteiger partial charge on any atom is -0.255 e. The molecule has 0 N–H and O–H groups in total. The molecule has 0 unspecified atom stereocenters. The van der Waals surface area contributed by atoms with Crippen LogP contribution >= 0.6 is 0 Å². The number of nitrogens with zero attached hydrogens (tertiary/aromatic N) is 4. The van der Waals surface area contributed by atoms with Gasteiger partial charge in [0, 0.05) is 5.56 Å². The molecule has 2 aromatic heterocycles. The van der Waals surface area contributed by atoms with Gasteiger partial charge in [-0.15, -0.1) is 4.57 Å². The van der Waals surface area contributed by atoms with Gasteiger partial charge in [0.1, 0.15) is 5.82 Å². The Balaban J connectivity index is 1.93. The van der Waals surface area contributed by atoms with Gasteiger partial charge in [-0.2, -0.15) is 0 Å². The molecule has 2 radical (unpaired) electrons. The maximum absolute atomic E-state index is 5.99. The summed E-state index contributed by atoms with van der Waals surface area (Å²) < 4.78 is 5.92. The van der Waals surface area contributed by atoms with Gasteiger partial charge in [0.05, 0.1) is 12.3 Å². The lowest BCUT2D eigenvalue weighted by Gasteiger charge is -2.00. The van der Waals surface area contributed by atoms with Gasteiger partial charge >= 0.3 is 13.8 Å². The Morgan fingerprint density at radius 1 is 1.11 bits per heavy atom. The number of rotatable bonds is 1. The quantitative estimate of drug-likeness (QED) is 0.355. The largest absolute Gasteiger partial charge is 0.592 e. The van der Waals surface area contributed by atoms with E-state index in [1.54, 1.807) is 4.48 Å². The predicted octanol–water partition coefficient (Wildman–Crippen LogP) is 0.543. The summed E-state index contributed by atoms with van der Waals surface area (Å²) >= 11 is 0. The molecule has 3 heterocycles. The van der Waals surface area contributed by atoms with Crippen LogP contribution in [0.3, 0.4) is 0 Å². The van der Waals surface area contributed by atoms with Crippen LogP contribution in [0, 0.1) is 0 Å². The summed E-state index contributed by atoms with van der Waals surface area (Å²) in [6, 6.07) is 12.1. The fraction of sp³-hybridized carbons (Fsp3) is 0.0714. The van der Waals surface area contributed by atoms with Crippen molar-refractivity contribution in [2.24, 2.45) is 0 Å². The average Bonchev–Trinajstić information content (AvgIpc) is 2.98. The molecule has 3 aromatic rings. The second-order valence-electron chi connectivity index (χ2n) is 4.59. The first-order valence-corrected chi connectivity index (χ1v) is 6.15. The number of hydrogen-bond donors (Lipinski definition) is 0. The Morgan fingerprint density at radius 2 is 1.95 bits per heavy atom. The number of benzene rings is 1. The second kappa shape index (κ2) is 3.78. The fourth-order valence-corrected chi connectivity index (χ4v) is 2.59. The van der Waals surface area contributed by atoms with Gasteiger partial charge in [-0.25, -0.2) is 9.46 Å². The first kappa shape index (κ1) is 10.5. The lowest BCUT2D eigenvalue weighted by Crippen LogP contribution is -2.47. The Labute approximate surface area is 112 Å². The zero-order valence-corrected chi connectivity index (χ0v) is 10.3. The number of hydrogen-bond acceptors (Lipinski definition) is 1. The summed E-state index contributed by atoms with van der Waals surface area (Å²) in [6.45, 7) is 0.743. The lowest BCUT2D eigenvalue weighted by atomic mass is 10.2. The van der Waals surface area contributed by atoms with Crippen molar-refractivity contribution in [3.63, 3.8) is 0 Å². The molecule has 0 atom stereocenters. The molecular formula is C14H11BN4+2. The van der Waals surface area contributed by atoms with Crippen molar-refractivity contribution >= 4 is 7.98 Å². The second-order valence-corrected chi connectivity index (χ2v) is 4.59. The van der Waals surface area contributed by atoms with Crippen molar-refractivity contribution in [2.75, 3.05) is 0 Å². The molecule has 0 aliphatic carbocycles. The number of aromatic nitrogens is 4. The molecule has 1 aliphatic heterocycles. The summed E-state index contributed by atoms with van der Waals surface area (Å²) in [7, 11) is 5.99. The first-order chi connectivity index (χ1) is 9.34. The fourth-order valence-electron chi connectivity index (χ4n) is 2.59. The van der Waals surface area contributed by atoms with E-state index in [4.69, 9.17) is 7.98 Å². The summed E-state index contributed by atoms with van der Waals surface area (Å²) in [4.78, 5) is 4.53. The van der Waals surface area contributed by atoms with Gasteiger partial charge in [0.2, 0.25) is 12.4 Å². The van der Waals surface area contributed by atoms with Crippen LogP contribution < -0.4 is 9.05 Å². The minimum atomic E-state index is 0.743. The average molecular weight is 246 g/mol. The Hall–Kier alpha value is -2.43.